The minimum atomic E-state index is -1.01. The van der Waals surface area contributed by atoms with Crippen molar-refractivity contribution < 1.29 is 19.1 Å². The van der Waals surface area contributed by atoms with Crippen LogP contribution >= 0.6 is 0 Å². The lowest BCUT2D eigenvalue weighted by molar-refractivity contribution is -0.142. The number of hydrogen-bond acceptors (Lipinski definition) is 2. The molecule has 2 aromatic carbocycles. The van der Waals surface area contributed by atoms with Crippen molar-refractivity contribution in [2.24, 2.45) is 5.92 Å². The zero-order valence-electron chi connectivity index (χ0n) is 12.7. The molecule has 0 aliphatic rings. The third-order valence-corrected chi connectivity index (χ3v) is 3.67. The molecule has 0 bridgehead atoms. The lowest BCUT2D eigenvalue weighted by atomic mass is 9.94. The normalized spacial score (nSPS) is 13.1. The summed E-state index contributed by atoms with van der Waals surface area (Å²) in [6.07, 6.45) is -0.137. The van der Waals surface area contributed by atoms with Crippen LogP contribution in [0.4, 0.5) is 4.39 Å². The van der Waals surface area contributed by atoms with E-state index in [4.69, 9.17) is 0 Å². The maximum absolute atomic E-state index is 13.6. The Morgan fingerprint density at radius 3 is 2.30 bits per heavy atom. The zero-order valence-corrected chi connectivity index (χ0v) is 12.7. The number of halogens is 1. The molecular weight excluding hydrogens is 297 g/mol. The average molecular weight is 315 g/mol. The highest BCUT2D eigenvalue weighted by Gasteiger charge is 2.26. The van der Waals surface area contributed by atoms with Crippen molar-refractivity contribution in [3.63, 3.8) is 0 Å². The van der Waals surface area contributed by atoms with Crippen LogP contribution in [-0.4, -0.2) is 17.0 Å². The summed E-state index contributed by atoms with van der Waals surface area (Å²) >= 11 is 0. The first kappa shape index (κ1) is 16.7. The van der Waals surface area contributed by atoms with E-state index in [1.807, 2.05) is 6.07 Å². The molecule has 5 heteroatoms. The highest BCUT2D eigenvalue weighted by atomic mass is 19.1. The minimum absolute atomic E-state index is 0.137. The number of carboxylic acids is 1. The summed E-state index contributed by atoms with van der Waals surface area (Å²) in [5, 5.41) is 12.0. The molecule has 2 atom stereocenters. The number of carboxylic acid groups (broad SMARTS) is 1. The van der Waals surface area contributed by atoms with Crippen molar-refractivity contribution in [1.29, 1.82) is 0 Å². The Kier molecular flexibility index (Phi) is 5.46. The number of hydrogen-bond donors (Lipinski definition) is 2. The van der Waals surface area contributed by atoms with Crippen molar-refractivity contribution in [1.82, 2.24) is 5.32 Å². The van der Waals surface area contributed by atoms with Gasteiger partial charge in [0.15, 0.2) is 0 Å². The fourth-order valence-electron chi connectivity index (χ4n) is 2.34. The number of rotatable bonds is 6. The first-order chi connectivity index (χ1) is 11.0. The van der Waals surface area contributed by atoms with Gasteiger partial charge in [0.25, 0.3) is 0 Å². The van der Waals surface area contributed by atoms with E-state index in [9.17, 15) is 19.1 Å². The molecule has 2 aromatic rings. The quantitative estimate of drug-likeness (QED) is 0.861. The van der Waals surface area contributed by atoms with Crippen LogP contribution in [0.1, 0.15) is 24.1 Å². The minimum Gasteiger partial charge on any atom is -0.481 e. The van der Waals surface area contributed by atoms with Gasteiger partial charge in [0.1, 0.15) is 5.82 Å². The maximum atomic E-state index is 13.6. The molecule has 0 saturated heterocycles. The van der Waals surface area contributed by atoms with E-state index < -0.39 is 29.7 Å². The van der Waals surface area contributed by atoms with E-state index in [0.717, 1.165) is 0 Å². The largest absolute Gasteiger partial charge is 0.481 e. The molecule has 0 radical (unpaired) electrons. The monoisotopic (exact) mass is 315 g/mol. The summed E-state index contributed by atoms with van der Waals surface area (Å²) in [4.78, 5) is 23.5. The van der Waals surface area contributed by atoms with Gasteiger partial charge in [-0.1, -0.05) is 48.5 Å². The number of benzene rings is 2. The van der Waals surface area contributed by atoms with Gasteiger partial charge in [0.2, 0.25) is 5.91 Å². The van der Waals surface area contributed by atoms with Crippen LogP contribution in [0.25, 0.3) is 0 Å². The van der Waals surface area contributed by atoms with Gasteiger partial charge in [-0.2, -0.15) is 0 Å². The van der Waals surface area contributed by atoms with Gasteiger partial charge >= 0.3 is 5.97 Å². The maximum Gasteiger partial charge on any atom is 0.308 e. The van der Waals surface area contributed by atoms with E-state index in [0.29, 0.717) is 5.56 Å². The number of carbonyl (C=O) groups is 2. The van der Waals surface area contributed by atoms with E-state index in [2.05, 4.69) is 5.32 Å². The van der Waals surface area contributed by atoms with Gasteiger partial charge in [0, 0.05) is 0 Å². The van der Waals surface area contributed by atoms with Crippen LogP contribution in [0.3, 0.4) is 0 Å². The topological polar surface area (TPSA) is 66.4 Å². The van der Waals surface area contributed by atoms with Crippen LogP contribution < -0.4 is 5.32 Å². The second-order valence-corrected chi connectivity index (χ2v) is 5.35. The molecule has 2 N–H and O–H groups in total. The third kappa shape index (κ3) is 4.39. The molecule has 0 saturated carbocycles. The molecule has 1 amide bonds. The predicted molar refractivity (Wildman–Crippen MR) is 84.2 cm³/mol. The summed E-state index contributed by atoms with van der Waals surface area (Å²) < 4.78 is 13.6. The SMILES string of the molecule is C[C@@H](C(=O)O)[C@H](NC(=O)Cc1ccccc1F)c1ccccc1. The van der Waals surface area contributed by atoms with Crippen molar-refractivity contribution in [3.05, 3.63) is 71.5 Å². The smallest absolute Gasteiger partial charge is 0.308 e. The zero-order chi connectivity index (χ0) is 16.8. The van der Waals surface area contributed by atoms with Gasteiger partial charge < -0.3 is 10.4 Å². The highest BCUT2D eigenvalue weighted by Crippen LogP contribution is 2.22. The van der Waals surface area contributed by atoms with Gasteiger partial charge in [0.05, 0.1) is 18.4 Å². The van der Waals surface area contributed by atoms with Crippen LogP contribution in [0, 0.1) is 11.7 Å². The predicted octanol–water partition coefficient (Wildman–Crippen LogP) is 2.95. The van der Waals surface area contributed by atoms with Gasteiger partial charge in [-0.15, -0.1) is 0 Å². The van der Waals surface area contributed by atoms with E-state index >= 15 is 0 Å². The van der Waals surface area contributed by atoms with E-state index in [1.54, 1.807) is 36.4 Å². The van der Waals surface area contributed by atoms with Crippen molar-refractivity contribution in [2.45, 2.75) is 19.4 Å². The van der Waals surface area contributed by atoms with Gasteiger partial charge in [-0.25, -0.2) is 4.39 Å². The van der Waals surface area contributed by atoms with Crippen LogP contribution in [0.2, 0.25) is 0 Å². The first-order valence-corrected chi connectivity index (χ1v) is 7.29. The van der Waals surface area contributed by atoms with Crippen molar-refractivity contribution in [3.8, 4) is 0 Å². The molecule has 0 aliphatic heterocycles. The molecule has 4 nitrogen and oxygen atoms in total. The molecule has 0 fully saturated rings. The second kappa shape index (κ2) is 7.54. The Balaban J connectivity index is 2.16. The molecule has 0 aliphatic carbocycles. The number of carbonyl (C=O) groups excluding carboxylic acids is 1. The summed E-state index contributed by atoms with van der Waals surface area (Å²) in [7, 11) is 0. The van der Waals surface area contributed by atoms with Crippen LogP contribution in [0.5, 0.6) is 0 Å². The van der Waals surface area contributed by atoms with Crippen LogP contribution in [-0.2, 0) is 16.0 Å². The summed E-state index contributed by atoms with van der Waals surface area (Å²) in [5.41, 5.74) is 0.976. The number of nitrogens with one attached hydrogen (secondary N) is 1. The number of aliphatic carboxylic acids is 1. The Bertz CT molecular complexity index is 688. The lowest BCUT2D eigenvalue weighted by Gasteiger charge is -2.23. The Morgan fingerprint density at radius 2 is 1.70 bits per heavy atom. The Morgan fingerprint density at radius 1 is 1.09 bits per heavy atom. The first-order valence-electron chi connectivity index (χ1n) is 7.29. The van der Waals surface area contributed by atoms with Gasteiger partial charge in [-0.3, -0.25) is 9.59 Å². The molecule has 0 unspecified atom stereocenters. The molecule has 23 heavy (non-hydrogen) atoms. The second-order valence-electron chi connectivity index (χ2n) is 5.35. The summed E-state index contributed by atoms with van der Waals surface area (Å²) in [6, 6.07) is 14.2. The third-order valence-electron chi connectivity index (χ3n) is 3.67. The molecular formula is C18H18FNO3. The van der Waals surface area contributed by atoms with E-state index in [1.165, 1.54) is 19.1 Å². The highest BCUT2D eigenvalue weighted by molar-refractivity contribution is 5.80. The van der Waals surface area contributed by atoms with E-state index in [-0.39, 0.29) is 12.0 Å². The molecule has 0 heterocycles. The Labute approximate surface area is 134 Å². The molecule has 120 valence electrons. The fraction of sp³-hybridized carbons (Fsp3) is 0.222. The summed E-state index contributed by atoms with van der Waals surface area (Å²) in [5.74, 6) is -2.69. The Hall–Kier alpha value is -2.69. The molecule has 0 aromatic heterocycles. The fourth-order valence-corrected chi connectivity index (χ4v) is 2.34. The summed E-state index contributed by atoms with van der Waals surface area (Å²) in [6.45, 7) is 1.53. The lowest BCUT2D eigenvalue weighted by Crippen LogP contribution is -2.36. The number of amides is 1. The molecule has 0 spiro atoms. The van der Waals surface area contributed by atoms with Gasteiger partial charge in [-0.05, 0) is 24.1 Å². The standard InChI is InChI=1S/C18H18FNO3/c1-12(18(22)23)17(13-7-3-2-4-8-13)20-16(21)11-14-9-5-6-10-15(14)19/h2-10,12,17H,11H2,1H3,(H,20,21)(H,22,23)/t12-,17+/m1/s1. The average Bonchev–Trinajstić information content (AvgIpc) is 2.55. The molecule has 2 rings (SSSR count). The van der Waals surface area contributed by atoms with Crippen molar-refractivity contribution >= 4 is 11.9 Å². The van der Waals surface area contributed by atoms with Crippen molar-refractivity contribution in [2.75, 3.05) is 0 Å². The van der Waals surface area contributed by atoms with Crippen LogP contribution in [0.15, 0.2) is 54.6 Å².